The molecule has 0 bridgehead atoms. The second-order valence-electron chi connectivity index (χ2n) is 2.35. The number of ether oxygens (including phenoxy) is 1. The van der Waals surface area contributed by atoms with Crippen LogP contribution in [0.2, 0.25) is 0 Å². The van der Waals surface area contributed by atoms with Crippen LogP contribution in [0.15, 0.2) is 35.7 Å². The van der Waals surface area contributed by atoms with Crippen LogP contribution >= 0.6 is 0 Å². The van der Waals surface area contributed by atoms with Gasteiger partial charge in [-0.15, -0.1) is 0 Å². The molecule has 2 heterocycles. The highest BCUT2D eigenvalue weighted by Crippen LogP contribution is 2.21. The zero-order chi connectivity index (χ0) is 9.31. The number of aromatic nitrogens is 1. The van der Waals surface area contributed by atoms with Crippen molar-refractivity contribution < 1.29 is 13.2 Å². The molecular weight excluding hydrogens is 192 g/mol. The SMILES string of the molecule is O=S1(=O)NC=COc2ncccc21. The van der Waals surface area contributed by atoms with E-state index in [2.05, 4.69) is 9.71 Å². The van der Waals surface area contributed by atoms with Crippen LogP contribution in [0.1, 0.15) is 0 Å². The first kappa shape index (κ1) is 8.06. The molecule has 68 valence electrons. The number of nitrogens with one attached hydrogen (secondary N) is 1. The fourth-order valence-electron chi connectivity index (χ4n) is 0.948. The van der Waals surface area contributed by atoms with Crippen LogP contribution in [0.4, 0.5) is 0 Å². The zero-order valence-corrected chi connectivity index (χ0v) is 7.28. The first-order valence-corrected chi connectivity index (χ1v) is 4.97. The molecular formula is C7H6N2O3S. The van der Waals surface area contributed by atoms with Gasteiger partial charge in [0.2, 0.25) is 5.88 Å². The van der Waals surface area contributed by atoms with Gasteiger partial charge in [0.15, 0.2) is 0 Å². The van der Waals surface area contributed by atoms with Gasteiger partial charge >= 0.3 is 0 Å². The Hall–Kier alpha value is -1.56. The van der Waals surface area contributed by atoms with Crippen LogP contribution in [0.25, 0.3) is 0 Å². The van der Waals surface area contributed by atoms with E-state index >= 15 is 0 Å². The highest BCUT2D eigenvalue weighted by atomic mass is 32.2. The lowest BCUT2D eigenvalue weighted by Gasteiger charge is -2.02. The van der Waals surface area contributed by atoms with E-state index in [1.165, 1.54) is 30.8 Å². The van der Waals surface area contributed by atoms with Crippen molar-refractivity contribution in [1.29, 1.82) is 0 Å². The first-order chi connectivity index (χ1) is 6.20. The van der Waals surface area contributed by atoms with Gasteiger partial charge in [-0.3, -0.25) is 4.72 Å². The Kier molecular flexibility index (Phi) is 1.70. The second-order valence-corrected chi connectivity index (χ2v) is 4.03. The minimum atomic E-state index is -3.50. The normalized spacial score (nSPS) is 17.8. The van der Waals surface area contributed by atoms with E-state index in [9.17, 15) is 8.42 Å². The molecule has 1 aromatic rings. The lowest BCUT2D eigenvalue weighted by atomic mass is 10.5. The van der Waals surface area contributed by atoms with Gasteiger partial charge < -0.3 is 4.74 Å². The molecule has 0 aliphatic carbocycles. The molecule has 0 spiro atoms. The lowest BCUT2D eigenvalue weighted by molar-refractivity contribution is 0.447. The third-order valence-corrected chi connectivity index (χ3v) is 2.83. The zero-order valence-electron chi connectivity index (χ0n) is 6.47. The molecule has 13 heavy (non-hydrogen) atoms. The minimum absolute atomic E-state index is 0.0417. The Labute approximate surface area is 75.1 Å². The van der Waals surface area contributed by atoms with Gasteiger partial charge in [0, 0.05) is 12.4 Å². The van der Waals surface area contributed by atoms with Crippen LogP contribution in [-0.4, -0.2) is 13.4 Å². The number of hydrogen-bond donors (Lipinski definition) is 1. The molecule has 1 aliphatic heterocycles. The molecule has 0 aromatic carbocycles. The second kappa shape index (κ2) is 2.74. The third-order valence-electron chi connectivity index (χ3n) is 1.50. The summed E-state index contributed by atoms with van der Waals surface area (Å²) in [6.45, 7) is 0. The summed E-state index contributed by atoms with van der Waals surface area (Å²) in [6.07, 6.45) is 3.90. The topological polar surface area (TPSA) is 68.3 Å². The Bertz CT molecular complexity index is 453. The first-order valence-electron chi connectivity index (χ1n) is 3.49. The molecule has 1 aliphatic rings. The fraction of sp³-hybridized carbons (Fsp3) is 0. The summed E-state index contributed by atoms with van der Waals surface area (Å²) in [5, 5.41) is 0. The molecule has 0 unspecified atom stereocenters. The van der Waals surface area contributed by atoms with Crippen molar-refractivity contribution in [3.8, 4) is 5.88 Å². The largest absolute Gasteiger partial charge is 0.444 e. The predicted octanol–water partition coefficient (Wildman–Crippen LogP) is 0.224. The summed E-state index contributed by atoms with van der Waals surface area (Å²) in [6, 6.07) is 2.96. The van der Waals surface area contributed by atoms with Gasteiger partial charge in [0.05, 0.1) is 0 Å². The maximum Gasteiger partial charge on any atom is 0.266 e. The molecule has 0 fully saturated rings. The molecule has 0 amide bonds. The van der Waals surface area contributed by atoms with Crippen molar-refractivity contribution in [2.75, 3.05) is 0 Å². The molecule has 0 saturated carbocycles. The molecule has 1 aromatic heterocycles. The maximum absolute atomic E-state index is 11.4. The van der Waals surface area contributed by atoms with E-state index in [0.717, 1.165) is 0 Å². The third kappa shape index (κ3) is 1.35. The summed E-state index contributed by atoms with van der Waals surface area (Å²) in [4.78, 5) is 3.82. The van der Waals surface area contributed by atoms with E-state index in [1.807, 2.05) is 0 Å². The van der Waals surface area contributed by atoms with Crippen molar-refractivity contribution in [3.63, 3.8) is 0 Å². The van der Waals surface area contributed by atoms with Crippen molar-refractivity contribution in [3.05, 3.63) is 30.8 Å². The lowest BCUT2D eigenvalue weighted by Crippen LogP contribution is -2.16. The Morgan fingerprint density at radius 1 is 1.46 bits per heavy atom. The summed E-state index contributed by atoms with van der Waals surface area (Å²) < 4.78 is 30.0. The van der Waals surface area contributed by atoms with E-state index < -0.39 is 10.0 Å². The molecule has 0 radical (unpaired) electrons. The molecule has 2 rings (SSSR count). The average molecular weight is 198 g/mol. The van der Waals surface area contributed by atoms with Crippen molar-refractivity contribution in [1.82, 2.24) is 9.71 Å². The maximum atomic E-state index is 11.4. The van der Waals surface area contributed by atoms with E-state index in [4.69, 9.17) is 4.74 Å². The molecule has 5 nitrogen and oxygen atoms in total. The van der Waals surface area contributed by atoms with Crippen molar-refractivity contribution in [2.45, 2.75) is 4.90 Å². The van der Waals surface area contributed by atoms with Crippen LogP contribution in [-0.2, 0) is 10.0 Å². The van der Waals surface area contributed by atoms with Crippen molar-refractivity contribution >= 4 is 10.0 Å². The van der Waals surface area contributed by atoms with Gasteiger partial charge in [-0.1, -0.05) is 0 Å². The molecule has 0 atom stereocenters. The van der Waals surface area contributed by atoms with Crippen LogP contribution < -0.4 is 9.46 Å². The van der Waals surface area contributed by atoms with Gasteiger partial charge in [0.25, 0.3) is 10.0 Å². The smallest absolute Gasteiger partial charge is 0.266 e. The quantitative estimate of drug-likeness (QED) is 0.647. The van der Waals surface area contributed by atoms with Gasteiger partial charge in [-0.05, 0) is 12.1 Å². The van der Waals surface area contributed by atoms with E-state index in [1.54, 1.807) is 0 Å². The van der Waals surface area contributed by atoms with Crippen LogP contribution in [0.5, 0.6) is 5.88 Å². The van der Waals surface area contributed by atoms with Gasteiger partial charge in [0.1, 0.15) is 11.2 Å². The minimum Gasteiger partial charge on any atom is -0.444 e. The Morgan fingerprint density at radius 2 is 2.31 bits per heavy atom. The monoisotopic (exact) mass is 198 g/mol. The number of sulfonamides is 1. The molecule has 6 heteroatoms. The fourth-order valence-corrected chi connectivity index (χ4v) is 1.90. The van der Waals surface area contributed by atoms with Gasteiger partial charge in [-0.2, -0.15) is 0 Å². The highest BCUT2D eigenvalue weighted by Gasteiger charge is 2.20. The molecule has 1 N–H and O–H groups in total. The standard InChI is InChI=1S/C7H6N2O3S/c10-13(11)6-2-1-3-8-7(6)12-5-4-9-13/h1-5,9H. The summed E-state index contributed by atoms with van der Waals surface area (Å²) in [5.41, 5.74) is 0. The van der Waals surface area contributed by atoms with Crippen LogP contribution in [0, 0.1) is 0 Å². The number of pyridine rings is 1. The van der Waals surface area contributed by atoms with Crippen molar-refractivity contribution in [2.24, 2.45) is 0 Å². The highest BCUT2D eigenvalue weighted by molar-refractivity contribution is 7.89. The summed E-state index contributed by atoms with van der Waals surface area (Å²) >= 11 is 0. The Balaban J connectivity index is 2.68. The van der Waals surface area contributed by atoms with E-state index in [0.29, 0.717) is 0 Å². The molecule has 0 saturated heterocycles. The predicted molar refractivity (Wildman–Crippen MR) is 44.3 cm³/mol. The van der Waals surface area contributed by atoms with E-state index in [-0.39, 0.29) is 10.8 Å². The number of rotatable bonds is 0. The number of fused-ring (bicyclic) bond motifs is 1. The summed E-state index contributed by atoms with van der Waals surface area (Å²) in [7, 11) is -3.50. The number of nitrogens with zero attached hydrogens (tertiary/aromatic N) is 1. The number of hydrogen-bond acceptors (Lipinski definition) is 4. The van der Waals surface area contributed by atoms with Gasteiger partial charge in [-0.25, -0.2) is 13.4 Å². The summed E-state index contributed by atoms with van der Waals surface area (Å²) in [5.74, 6) is 0.0868. The van der Waals surface area contributed by atoms with Crippen LogP contribution in [0.3, 0.4) is 0 Å². The Morgan fingerprint density at radius 3 is 3.15 bits per heavy atom. The average Bonchev–Trinajstić information content (AvgIpc) is 2.26.